The van der Waals surface area contributed by atoms with Crippen molar-refractivity contribution in [3.63, 3.8) is 0 Å². The second kappa shape index (κ2) is 6.74. The average Bonchev–Trinajstić information content (AvgIpc) is 2.77. The lowest BCUT2D eigenvalue weighted by Crippen LogP contribution is -2.47. The molecule has 4 rings (SSSR count). The van der Waals surface area contributed by atoms with E-state index in [0.29, 0.717) is 29.8 Å². The lowest BCUT2D eigenvalue weighted by atomic mass is 9.97. The van der Waals surface area contributed by atoms with Gasteiger partial charge >= 0.3 is 0 Å². The van der Waals surface area contributed by atoms with Crippen LogP contribution in [0.4, 0.5) is 0 Å². The summed E-state index contributed by atoms with van der Waals surface area (Å²) in [4.78, 5) is 16.7. The van der Waals surface area contributed by atoms with Gasteiger partial charge in [-0.05, 0) is 37.8 Å². The van der Waals surface area contributed by atoms with Crippen LogP contribution in [0.25, 0.3) is 0 Å². The molecule has 3 aliphatic rings. The molecular weight excluding hydrogens is 346 g/mol. The SMILES string of the molecule is Cc1ccc(S(=O)(=O)N2C[C@H]3CC[C@@H]2CN(CC(=O)N(C)C)C3)s1. The summed E-state index contributed by atoms with van der Waals surface area (Å²) in [6.45, 7) is 4.29. The maximum atomic E-state index is 13.0. The minimum Gasteiger partial charge on any atom is -0.348 e. The smallest absolute Gasteiger partial charge is 0.252 e. The highest BCUT2D eigenvalue weighted by Crippen LogP contribution is 2.34. The normalized spacial score (nSPS) is 25.6. The Labute approximate surface area is 148 Å². The first-order valence-corrected chi connectivity index (χ1v) is 10.5. The Balaban J connectivity index is 1.79. The van der Waals surface area contributed by atoms with Crippen molar-refractivity contribution in [1.82, 2.24) is 14.1 Å². The molecular formula is C16H25N3O3S2. The molecule has 0 radical (unpaired) electrons. The van der Waals surface area contributed by atoms with Gasteiger partial charge in [0.05, 0.1) is 6.54 Å². The summed E-state index contributed by atoms with van der Waals surface area (Å²) in [6.07, 6.45) is 1.91. The number of likely N-dealkylation sites (N-methyl/N-ethyl adjacent to an activating group) is 1. The van der Waals surface area contributed by atoms with Gasteiger partial charge in [-0.1, -0.05) is 0 Å². The predicted octanol–water partition coefficient (Wildman–Crippen LogP) is 1.23. The molecule has 4 heterocycles. The summed E-state index contributed by atoms with van der Waals surface area (Å²) in [5, 5.41) is 0. The molecule has 1 aromatic heterocycles. The molecule has 0 N–H and O–H groups in total. The second-order valence-corrected chi connectivity index (χ2v) is 10.4. The highest BCUT2D eigenvalue weighted by molar-refractivity contribution is 7.91. The average molecular weight is 372 g/mol. The van der Waals surface area contributed by atoms with E-state index in [-0.39, 0.29) is 11.9 Å². The van der Waals surface area contributed by atoms with E-state index in [2.05, 4.69) is 4.90 Å². The van der Waals surface area contributed by atoms with Crippen LogP contribution >= 0.6 is 11.3 Å². The van der Waals surface area contributed by atoms with Crippen molar-refractivity contribution in [1.29, 1.82) is 0 Å². The van der Waals surface area contributed by atoms with Gasteiger partial charge < -0.3 is 4.90 Å². The maximum absolute atomic E-state index is 13.0. The van der Waals surface area contributed by atoms with Crippen molar-refractivity contribution < 1.29 is 13.2 Å². The minimum atomic E-state index is -3.43. The molecule has 24 heavy (non-hydrogen) atoms. The van der Waals surface area contributed by atoms with E-state index in [4.69, 9.17) is 0 Å². The number of sulfonamides is 1. The number of carbonyl (C=O) groups is 1. The molecule has 8 heteroatoms. The van der Waals surface area contributed by atoms with Gasteiger partial charge in [-0.15, -0.1) is 11.3 Å². The van der Waals surface area contributed by atoms with Crippen LogP contribution in [-0.4, -0.2) is 74.7 Å². The number of hydrogen-bond donors (Lipinski definition) is 0. The number of aryl methyl sites for hydroxylation is 1. The summed E-state index contributed by atoms with van der Waals surface area (Å²) in [6, 6.07) is 3.53. The van der Waals surface area contributed by atoms with Gasteiger partial charge in [0.2, 0.25) is 5.91 Å². The van der Waals surface area contributed by atoms with Crippen molar-refractivity contribution in [2.75, 3.05) is 40.3 Å². The second-order valence-electron chi connectivity index (χ2n) is 7.02. The topological polar surface area (TPSA) is 60.9 Å². The summed E-state index contributed by atoms with van der Waals surface area (Å²) in [5.41, 5.74) is 0. The molecule has 0 saturated carbocycles. The van der Waals surface area contributed by atoms with Crippen molar-refractivity contribution >= 4 is 27.3 Å². The number of amides is 1. The summed E-state index contributed by atoms with van der Waals surface area (Å²) in [7, 11) is 0.0754. The van der Waals surface area contributed by atoms with Crippen LogP contribution in [0, 0.1) is 12.8 Å². The zero-order valence-electron chi connectivity index (χ0n) is 14.4. The van der Waals surface area contributed by atoms with Crippen LogP contribution in [0.1, 0.15) is 17.7 Å². The first-order valence-electron chi connectivity index (χ1n) is 8.28. The number of nitrogens with zero attached hydrogens (tertiary/aromatic N) is 3. The van der Waals surface area contributed by atoms with E-state index in [9.17, 15) is 13.2 Å². The fourth-order valence-corrected chi connectivity index (χ4v) is 6.69. The van der Waals surface area contributed by atoms with Crippen molar-refractivity contribution in [3.05, 3.63) is 17.0 Å². The number of piperidine rings is 1. The highest BCUT2D eigenvalue weighted by atomic mass is 32.2. The molecule has 134 valence electrons. The fourth-order valence-electron chi connectivity index (χ4n) is 3.56. The first kappa shape index (κ1) is 17.8. The first-order chi connectivity index (χ1) is 11.3. The Morgan fingerprint density at radius 1 is 1.25 bits per heavy atom. The molecule has 3 fully saturated rings. The molecule has 0 spiro atoms. The molecule has 2 bridgehead atoms. The van der Waals surface area contributed by atoms with Gasteiger partial charge in [0.1, 0.15) is 4.21 Å². The zero-order chi connectivity index (χ0) is 17.5. The summed E-state index contributed by atoms with van der Waals surface area (Å²) in [5.74, 6) is 0.370. The largest absolute Gasteiger partial charge is 0.348 e. The van der Waals surface area contributed by atoms with Crippen molar-refractivity contribution in [2.24, 2.45) is 5.92 Å². The van der Waals surface area contributed by atoms with Gasteiger partial charge in [0.15, 0.2) is 0 Å². The standard InChI is InChI=1S/C16H25N3O3S2/c1-12-4-7-16(23-12)24(21,22)19-9-13-5-6-14(19)10-18(8-13)11-15(20)17(2)3/h4,7,13-14H,5-6,8-11H2,1-3H3/t13-,14+/m0/s1. The summed E-state index contributed by atoms with van der Waals surface area (Å²) >= 11 is 1.33. The fraction of sp³-hybridized carbons (Fsp3) is 0.688. The quantitative estimate of drug-likeness (QED) is 0.799. The third-order valence-corrected chi connectivity index (χ3v) is 8.26. The number of thiophene rings is 1. The van der Waals surface area contributed by atoms with E-state index < -0.39 is 10.0 Å². The third kappa shape index (κ3) is 3.51. The lowest BCUT2D eigenvalue weighted by Gasteiger charge is -2.34. The Hall–Kier alpha value is -0.960. The minimum absolute atomic E-state index is 0.0360. The van der Waals surface area contributed by atoms with Gasteiger partial charge in [-0.3, -0.25) is 9.69 Å². The third-order valence-electron chi connectivity index (χ3n) is 4.88. The van der Waals surface area contributed by atoms with Crippen LogP contribution in [0.15, 0.2) is 16.3 Å². The van der Waals surface area contributed by atoms with Crippen LogP contribution < -0.4 is 0 Å². The zero-order valence-corrected chi connectivity index (χ0v) is 16.1. The maximum Gasteiger partial charge on any atom is 0.252 e. The number of rotatable bonds is 4. The number of carbonyl (C=O) groups excluding carboxylic acids is 1. The molecule has 0 aromatic carbocycles. The molecule has 3 saturated heterocycles. The monoisotopic (exact) mass is 371 g/mol. The van der Waals surface area contributed by atoms with E-state index in [1.54, 1.807) is 29.4 Å². The Morgan fingerprint density at radius 3 is 2.62 bits per heavy atom. The Bertz CT molecular complexity index is 714. The number of hydrogen-bond acceptors (Lipinski definition) is 5. The van der Waals surface area contributed by atoms with Crippen LogP contribution in [0.3, 0.4) is 0 Å². The molecule has 3 aliphatic heterocycles. The molecule has 0 unspecified atom stereocenters. The van der Waals surface area contributed by atoms with E-state index in [0.717, 1.165) is 24.3 Å². The molecule has 1 amide bonds. The summed E-state index contributed by atoms with van der Waals surface area (Å²) < 4.78 is 28.2. The van der Waals surface area contributed by atoms with E-state index >= 15 is 0 Å². The van der Waals surface area contributed by atoms with Crippen molar-refractivity contribution in [2.45, 2.75) is 30.0 Å². The molecule has 6 nitrogen and oxygen atoms in total. The predicted molar refractivity (Wildman–Crippen MR) is 94.6 cm³/mol. The Kier molecular flexibility index (Phi) is 5.01. The molecule has 2 atom stereocenters. The van der Waals surface area contributed by atoms with Crippen LogP contribution in [0.2, 0.25) is 0 Å². The van der Waals surface area contributed by atoms with Gasteiger partial charge in [-0.25, -0.2) is 8.42 Å². The van der Waals surface area contributed by atoms with Crippen molar-refractivity contribution in [3.8, 4) is 0 Å². The molecule has 1 aromatic rings. The van der Waals surface area contributed by atoms with E-state index in [1.165, 1.54) is 11.3 Å². The lowest BCUT2D eigenvalue weighted by molar-refractivity contribution is -0.129. The van der Waals surface area contributed by atoms with Gasteiger partial charge in [-0.2, -0.15) is 4.31 Å². The number of fused-ring (bicyclic) bond motifs is 4. The highest BCUT2D eigenvalue weighted by Gasteiger charge is 2.41. The van der Waals surface area contributed by atoms with Gasteiger partial charge in [0, 0.05) is 44.6 Å². The van der Waals surface area contributed by atoms with Crippen LogP contribution in [0.5, 0.6) is 0 Å². The van der Waals surface area contributed by atoms with Crippen LogP contribution in [-0.2, 0) is 14.8 Å². The molecule has 0 aliphatic carbocycles. The van der Waals surface area contributed by atoms with Gasteiger partial charge in [0.25, 0.3) is 10.0 Å². The van der Waals surface area contributed by atoms with E-state index in [1.807, 2.05) is 13.0 Å². The Morgan fingerprint density at radius 2 is 2.00 bits per heavy atom.